The molecular weight excluding hydrogens is 406 g/mol. The number of rotatable bonds is 4. The Kier molecular flexibility index (Phi) is 5.12. The van der Waals surface area contributed by atoms with Gasteiger partial charge in [0.25, 0.3) is 0 Å². The van der Waals surface area contributed by atoms with Gasteiger partial charge in [-0.2, -0.15) is 0 Å². The lowest BCUT2D eigenvalue weighted by molar-refractivity contribution is 0.0505. The Balaban J connectivity index is 1.55. The lowest BCUT2D eigenvalue weighted by Crippen LogP contribution is -2.44. The molecular formula is C30H31NO2. The highest BCUT2D eigenvalue weighted by Gasteiger charge is 2.53. The Bertz CT molecular complexity index is 1190. The molecule has 0 amide bonds. The van der Waals surface area contributed by atoms with Crippen molar-refractivity contribution in [2.75, 3.05) is 18.6 Å². The lowest BCUT2D eigenvalue weighted by Gasteiger charge is -2.42. The summed E-state index contributed by atoms with van der Waals surface area (Å²) in [5, 5.41) is 0. The van der Waals surface area contributed by atoms with Crippen molar-refractivity contribution in [3.63, 3.8) is 0 Å². The first-order valence-electron chi connectivity index (χ1n) is 12.0. The van der Waals surface area contributed by atoms with E-state index in [1.165, 1.54) is 44.7 Å². The molecule has 4 atom stereocenters. The third kappa shape index (κ3) is 3.34. The number of hydrogen-bond acceptors (Lipinski definition) is 3. The van der Waals surface area contributed by atoms with Crippen LogP contribution in [0.3, 0.4) is 0 Å². The van der Waals surface area contributed by atoms with Crippen molar-refractivity contribution in [3.05, 3.63) is 106 Å². The first-order chi connectivity index (χ1) is 16.2. The molecule has 2 aliphatic heterocycles. The van der Waals surface area contributed by atoms with E-state index < -0.39 is 0 Å². The van der Waals surface area contributed by atoms with Crippen LogP contribution in [0.2, 0.25) is 0 Å². The van der Waals surface area contributed by atoms with E-state index in [1.807, 2.05) is 7.11 Å². The summed E-state index contributed by atoms with van der Waals surface area (Å²) >= 11 is 0. The van der Waals surface area contributed by atoms with Gasteiger partial charge in [-0.1, -0.05) is 77.9 Å². The number of anilines is 1. The molecule has 3 heteroatoms. The van der Waals surface area contributed by atoms with Gasteiger partial charge in [0.2, 0.25) is 0 Å². The summed E-state index contributed by atoms with van der Waals surface area (Å²) in [5.74, 6) is 0.483. The summed E-state index contributed by atoms with van der Waals surface area (Å²) in [7, 11) is 1.86. The van der Waals surface area contributed by atoms with E-state index in [4.69, 9.17) is 9.47 Å². The number of nitrogens with zero attached hydrogens (tertiary/aromatic N) is 1. The van der Waals surface area contributed by atoms with Crippen LogP contribution < -0.4 is 4.90 Å². The van der Waals surface area contributed by atoms with Crippen LogP contribution in [-0.4, -0.2) is 25.9 Å². The molecule has 3 aromatic rings. The van der Waals surface area contributed by atoms with Crippen molar-refractivity contribution >= 4 is 11.3 Å². The van der Waals surface area contributed by atoms with Crippen LogP contribution in [0.4, 0.5) is 5.69 Å². The van der Waals surface area contributed by atoms with Crippen molar-refractivity contribution in [1.82, 2.24) is 0 Å². The average Bonchev–Trinajstić information content (AvgIpc) is 3.19. The standard InChI is InChI=1S/C30H31NO2/c1-19-8-12-21(13-9-19)18-31-25-7-5-4-6-23(25)26-24-16-17-33-29(24)27(26)30(32-3)28(31)22-14-10-20(2)11-15-22/h4-15,24,28-30H,16-18H2,1-3H3/t24-,28+,29-,30-/m1/s1. The number of ether oxygens (including phenoxy) is 2. The van der Waals surface area contributed by atoms with Gasteiger partial charge in [-0.05, 0) is 48.6 Å². The predicted molar refractivity (Wildman–Crippen MR) is 133 cm³/mol. The Morgan fingerprint density at radius 3 is 2.33 bits per heavy atom. The number of fused-ring (bicyclic) bond motifs is 5. The van der Waals surface area contributed by atoms with Crippen LogP contribution in [0.15, 0.2) is 78.4 Å². The highest BCUT2D eigenvalue weighted by atomic mass is 16.5. The Labute approximate surface area is 196 Å². The summed E-state index contributed by atoms with van der Waals surface area (Å²) < 4.78 is 12.6. The van der Waals surface area contributed by atoms with Gasteiger partial charge >= 0.3 is 0 Å². The van der Waals surface area contributed by atoms with E-state index in [1.54, 1.807) is 0 Å². The largest absolute Gasteiger partial charge is 0.374 e. The van der Waals surface area contributed by atoms with Crippen molar-refractivity contribution in [2.45, 2.75) is 45.1 Å². The van der Waals surface area contributed by atoms with Crippen LogP contribution in [0, 0.1) is 19.8 Å². The van der Waals surface area contributed by atoms with Gasteiger partial charge in [0.1, 0.15) is 6.10 Å². The normalized spacial score (nSPS) is 25.7. The molecule has 1 aliphatic carbocycles. The zero-order chi connectivity index (χ0) is 22.5. The Morgan fingerprint density at radius 1 is 0.909 bits per heavy atom. The fraction of sp³-hybridized carbons (Fsp3) is 0.333. The highest BCUT2D eigenvalue weighted by molar-refractivity contribution is 5.88. The van der Waals surface area contributed by atoms with Crippen LogP contribution in [0.5, 0.6) is 0 Å². The van der Waals surface area contributed by atoms with Gasteiger partial charge in [-0.3, -0.25) is 0 Å². The summed E-state index contributed by atoms with van der Waals surface area (Å²) in [6, 6.07) is 26.9. The molecule has 0 unspecified atom stereocenters. The van der Waals surface area contributed by atoms with Gasteiger partial charge in [0.15, 0.2) is 0 Å². The average molecular weight is 438 g/mol. The molecule has 1 fully saturated rings. The number of hydrogen-bond donors (Lipinski definition) is 0. The van der Waals surface area contributed by atoms with E-state index in [-0.39, 0.29) is 18.2 Å². The third-order valence-corrected chi connectivity index (χ3v) is 7.66. The van der Waals surface area contributed by atoms with Gasteiger partial charge in [-0.15, -0.1) is 0 Å². The highest BCUT2D eigenvalue weighted by Crippen LogP contribution is 2.57. The molecule has 3 nitrogen and oxygen atoms in total. The van der Waals surface area contributed by atoms with Crippen LogP contribution in [0.1, 0.15) is 40.3 Å². The van der Waals surface area contributed by atoms with E-state index in [9.17, 15) is 0 Å². The third-order valence-electron chi connectivity index (χ3n) is 7.66. The van der Waals surface area contributed by atoms with E-state index in [0.29, 0.717) is 5.92 Å². The molecule has 0 saturated carbocycles. The first kappa shape index (κ1) is 20.7. The SMILES string of the molecule is CO[C@@H]1C2=C(c3ccccc3N(Cc3ccc(C)cc3)[C@H]1c1ccc(C)cc1)[C@H]1CCO[C@@H]21. The first-order valence-corrected chi connectivity index (χ1v) is 12.0. The molecule has 0 spiro atoms. The molecule has 0 N–H and O–H groups in total. The topological polar surface area (TPSA) is 21.7 Å². The molecule has 1 saturated heterocycles. The Hall–Kier alpha value is -2.88. The monoisotopic (exact) mass is 437 g/mol. The minimum Gasteiger partial charge on any atom is -0.374 e. The lowest BCUT2D eigenvalue weighted by atomic mass is 9.68. The molecule has 0 bridgehead atoms. The van der Waals surface area contributed by atoms with E-state index in [2.05, 4.69) is 91.5 Å². The zero-order valence-electron chi connectivity index (χ0n) is 19.6. The van der Waals surface area contributed by atoms with Crippen LogP contribution in [-0.2, 0) is 16.0 Å². The molecule has 6 rings (SSSR count). The fourth-order valence-corrected chi connectivity index (χ4v) is 6.02. The molecule has 0 aromatic heterocycles. The molecule has 168 valence electrons. The molecule has 3 aliphatic rings. The smallest absolute Gasteiger partial charge is 0.106 e. The van der Waals surface area contributed by atoms with Gasteiger partial charge in [0.05, 0.1) is 12.1 Å². The van der Waals surface area contributed by atoms with Gasteiger partial charge in [0, 0.05) is 37.4 Å². The fourth-order valence-electron chi connectivity index (χ4n) is 6.02. The molecule has 2 heterocycles. The zero-order valence-corrected chi connectivity index (χ0v) is 19.6. The summed E-state index contributed by atoms with van der Waals surface area (Å²) in [4.78, 5) is 2.56. The molecule has 0 radical (unpaired) electrons. The van der Waals surface area contributed by atoms with Gasteiger partial charge < -0.3 is 14.4 Å². The minimum absolute atomic E-state index is 0.0556. The van der Waals surface area contributed by atoms with E-state index in [0.717, 1.165) is 19.6 Å². The maximum Gasteiger partial charge on any atom is 0.106 e. The minimum atomic E-state index is -0.0556. The molecule has 3 aromatic carbocycles. The Morgan fingerprint density at radius 2 is 1.61 bits per heavy atom. The number of para-hydroxylation sites is 1. The predicted octanol–water partition coefficient (Wildman–Crippen LogP) is 6.25. The van der Waals surface area contributed by atoms with Crippen molar-refractivity contribution < 1.29 is 9.47 Å². The molecule has 33 heavy (non-hydrogen) atoms. The summed E-state index contributed by atoms with van der Waals surface area (Å²) in [6.07, 6.45) is 1.23. The summed E-state index contributed by atoms with van der Waals surface area (Å²) in [6.45, 7) is 5.95. The van der Waals surface area contributed by atoms with Gasteiger partial charge in [-0.25, -0.2) is 0 Å². The van der Waals surface area contributed by atoms with E-state index >= 15 is 0 Å². The maximum absolute atomic E-state index is 6.35. The second-order valence-electron chi connectivity index (χ2n) is 9.70. The number of aryl methyl sites for hydroxylation is 2. The maximum atomic E-state index is 6.35. The second-order valence-corrected chi connectivity index (χ2v) is 9.70. The van der Waals surface area contributed by atoms with Crippen LogP contribution in [0.25, 0.3) is 5.57 Å². The number of methoxy groups -OCH3 is 1. The van der Waals surface area contributed by atoms with Crippen molar-refractivity contribution in [3.8, 4) is 0 Å². The quantitative estimate of drug-likeness (QED) is 0.481. The summed E-state index contributed by atoms with van der Waals surface area (Å²) in [5.41, 5.74) is 10.6. The van der Waals surface area contributed by atoms with Crippen LogP contribution >= 0.6 is 0 Å². The van der Waals surface area contributed by atoms with Crippen molar-refractivity contribution in [2.24, 2.45) is 5.92 Å². The second kappa shape index (κ2) is 8.16. The number of benzene rings is 3. The van der Waals surface area contributed by atoms with Crippen molar-refractivity contribution in [1.29, 1.82) is 0 Å².